The highest BCUT2D eigenvalue weighted by Crippen LogP contribution is 2.20. The molecule has 24 heavy (non-hydrogen) atoms. The van der Waals surface area contributed by atoms with Crippen LogP contribution >= 0.6 is 0 Å². The van der Waals surface area contributed by atoms with Crippen molar-refractivity contribution in [1.29, 1.82) is 5.26 Å². The molecule has 1 fully saturated rings. The van der Waals surface area contributed by atoms with E-state index in [1.54, 1.807) is 11.1 Å². The first-order valence-corrected chi connectivity index (χ1v) is 7.94. The van der Waals surface area contributed by atoms with Gasteiger partial charge in [0.25, 0.3) is 0 Å². The summed E-state index contributed by atoms with van der Waals surface area (Å²) in [4.78, 5) is 20.4. The van der Waals surface area contributed by atoms with E-state index in [0.717, 1.165) is 24.5 Å². The van der Waals surface area contributed by atoms with Crippen molar-refractivity contribution in [3.05, 3.63) is 59.9 Å². The number of hydrogen-bond acceptors (Lipinski definition) is 4. The number of piperazine rings is 1. The first-order valence-electron chi connectivity index (χ1n) is 7.94. The average molecular weight is 321 g/mol. The second-order valence-corrected chi connectivity index (χ2v) is 5.58. The topological polar surface area (TPSA) is 72.3 Å². The Morgan fingerprint density at radius 1 is 1.12 bits per heavy atom. The first-order chi connectivity index (χ1) is 11.8. The van der Waals surface area contributed by atoms with E-state index in [1.165, 1.54) is 0 Å². The van der Waals surface area contributed by atoms with Crippen LogP contribution in [0, 0.1) is 11.3 Å². The van der Waals surface area contributed by atoms with Crippen molar-refractivity contribution in [1.82, 2.24) is 15.2 Å². The van der Waals surface area contributed by atoms with Crippen LogP contribution < -0.4 is 10.2 Å². The van der Waals surface area contributed by atoms with Gasteiger partial charge in [-0.3, -0.25) is 4.98 Å². The lowest BCUT2D eigenvalue weighted by molar-refractivity contribution is 0.194. The SMILES string of the molecule is N#Cc1ccccc1N1CCN(C(=O)NCc2ccccn2)CC1. The Labute approximate surface area is 141 Å². The van der Waals surface area contributed by atoms with Crippen LogP contribution in [0.4, 0.5) is 10.5 Å². The highest BCUT2D eigenvalue weighted by molar-refractivity contribution is 5.74. The predicted octanol–water partition coefficient (Wildman–Crippen LogP) is 1.99. The fourth-order valence-electron chi connectivity index (χ4n) is 2.78. The van der Waals surface area contributed by atoms with E-state index < -0.39 is 0 Å². The summed E-state index contributed by atoms with van der Waals surface area (Å²) in [5.74, 6) is 0. The predicted molar refractivity (Wildman–Crippen MR) is 91.4 cm³/mol. The zero-order valence-corrected chi connectivity index (χ0v) is 13.4. The Morgan fingerprint density at radius 2 is 1.88 bits per heavy atom. The summed E-state index contributed by atoms with van der Waals surface area (Å²) in [5.41, 5.74) is 2.45. The molecule has 1 aliphatic heterocycles. The third kappa shape index (κ3) is 3.63. The minimum Gasteiger partial charge on any atom is -0.367 e. The number of carbonyl (C=O) groups excluding carboxylic acids is 1. The molecule has 6 nitrogen and oxygen atoms in total. The number of pyridine rings is 1. The molecule has 0 radical (unpaired) electrons. The van der Waals surface area contributed by atoms with E-state index in [2.05, 4.69) is 21.3 Å². The Hall–Kier alpha value is -3.07. The second-order valence-electron chi connectivity index (χ2n) is 5.58. The number of hydrogen-bond donors (Lipinski definition) is 1. The van der Waals surface area contributed by atoms with Crippen molar-refractivity contribution in [2.75, 3.05) is 31.1 Å². The van der Waals surface area contributed by atoms with E-state index in [0.29, 0.717) is 25.2 Å². The van der Waals surface area contributed by atoms with Gasteiger partial charge in [-0.2, -0.15) is 5.26 Å². The van der Waals surface area contributed by atoms with Crippen LogP contribution in [0.3, 0.4) is 0 Å². The van der Waals surface area contributed by atoms with Gasteiger partial charge in [0.05, 0.1) is 23.5 Å². The molecule has 0 atom stereocenters. The molecule has 2 aromatic rings. The third-order valence-electron chi connectivity index (χ3n) is 4.08. The zero-order chi connectivity index (χ0) is 16.8. The van der Waals surface area contributed by atoms with Gasteiger partial charge in [0, 0.05) is 32.4 Å². The number of anilines is 1. The number of aromatic nitrogens is 1. The van der Waals surface area contributed by atoms with Crippen molar-refractivity contribution in [3.63, 3.8) is 0 Å². The molecule has 1 saturated heterocycles. The fourth-order valence-corrected chi connectivity index (χ4v) is 2.78. The maximum Gasteiger partial charge on any atom is 0.317 e. The van der Waals surface area contributed by atoms with E-state index in [4.69, 9.17) is 0 Å². The molecule has 2 heterocycles. The Balaban J connectivity index is 1.53. The number of nitrogens with one attached hydrogen (secondary N) is 1. The van der Waals surface area contributed by atoms with Crippen molar-refractivity contribution >= 4 is 11.7 Å². The second kappa shape index (κ2) is 7.47. The van der Waals surface area contributed by atoms with Crippen LogP contribution in [0.2, 0.25) is 0 Å². The van der Waals surface area contributed by atoms with Crippen molar-refractivity contribution < 1.29 is 4.79 Å². The number of nitriles is 1. The summed E-state index contributed by atoms with van der Waals surface area (Å²) in [6.07, 6.45) is 1.72. The van der Waals surface area contributed by atoms with Gasteiger partial charge in [0.2, 0.25) is 0 Å². The smallest absolute Gasteiger partial charge is 0.317 e. The number of carbonyl (C=O) groups is 1. The molecule has 2 amide bonds. The highest BCUT2D eigenvalue weighted by Gasteiger charge is 2.22. The Morgan fingerprint density at radius 3 is 2.58 bits per heavy atom. The number of nitrogens with zero attached hydrogens (tertiary/aromatic N) is 4. The molecule has 1 N–H and O–H groups in total. The van der Waals surface area contributed by atoms with Crippen LogP contribution in [0.15, 0.2) is 48.7 Å². The minimum atomic E-state index is -0.0751. The van der Waals surface area contributed by atoms with E-state index >= 15 is 0 Å². The van der Waals surface area contributed by atoms with Crippen molar-refractivity contribution in [3.8, 4) is 6.07 Å². The highest BCUT2D eigenvalue weighted by atomic mass is 16.2. The standard InChI is InChI=1S/C18H19N5O/c19-13-15-5-1-2-7-17(15)22-9-11-23(12-10-22)18(24)21-14-16-6-3-4-8-20-16/h1-8H,9-12,14H2,(H,21,24). The summed E-state index contributed by atoms with van der Waals surface area (Å²) < 4.78 is 0. The van der Waals surface area contributed by atoms with Gasteiger partial charge in [-0.15, -0.1) is 0 Å². The van der Waals surface area contributed by atoms with Crippen LogP contribution in [0.1, 0.15) is 11.3 Å². The number of para-hydroxylation sites is 1. The Kier molecular flexibility index (Phi) is 4.92. The molecule has 6 heteroatoms. The zero-order valence-electron chi connectivity index (χ0n) is 13.4. The van der Waals surface area contributed by atoms with E-state index in [9.17, 15) is 10.1 Å². The molecule has 3 rings (SSSR count). The lowest BCUT2D eigenvalue weighted by Crippen LogP contribution is -2.51. The molecule has 0 spiro atoms. The van der Waals surface area contributed by atoms with Gasteiger partial charge in [0.1, 0.15) is 6.07 Å². The third-order valence-corrected chi connectivity index (χ3v) is 4.08. The fraction of sp³-hybridized carbons (Fsp3) is 0.278. The van der Waals surface area contributed by atoms with Crippen LogP contribution in [-0.2, 0) is 6.54 Å². The summed E-state index contributed by atoms with van der Waals surface area (Å²) in [6.45, 7) is 3.13. The first kappa shape index (κ1) is 15.8. The maximum atomic E-state index is 12.3. The van der Waals surface area contributed by atoms with Crippen LogP contribution in [0.25, 0.3) is 0 Å². The number of urea groups is 1. The lowest BCUT2D eigenvalue weighted by atomic mass is 10.1. The number of benzene rings is 1. The summed E-state index contributed by atoms with van der Waals surface area (Å²) in [6, 6.07) is 15.4. The molecule has 0 unspecified atom stereocenters. The Bertz CT molecular complexity index is 733. The quantitative estimate of drug-likeness (QED) is 0.938. The molecule has 122 valence electrons. The largest absolute Gasteiger partial charge is 0.367 e. The van der Waals surface area contributed by atoms with Gasteiger partial charge in [-0.1, -0.05) is 18.2 Å². The average Bonchev–Trinajstić information content (AvgIpc) is 2.67. The summed E-state index contributed by atoms with van der Waals surface area (Å²) >= 11 is 0. The van der Waals surface area contributed by atoms with Gasteiger partial charge >= 0.3 is 6.03 Å². The van der Waals surface area contributed by atoms with Gasteiger partial charge in [0.15, 0.2) is 0 Å². The number of amides is 2. The van der Waals surface area contributed by atoms with Crippen LogP contribution in [-0.4, -0.2) is 42.1 Å². The summed E-state index contributed by atoms with van der Waals surface area (Å²) in [7, 11) is 0. The molecular formula is C18H19N5O. The van der Waals surface area contributed by atoms with E-state index in [-0.39, 0.29) is 6.03 Å². The minimum absolute atomic E-state index is 0.0751. The maximum absolute atomic E-state index is 12.3. The van der Waals surface area contributed by atoms with Crippen molar-refractivity contribution in [2.45, 2.75) is 6.54 Å². The van der Waals surface area contributed by atoms with Gasteiger partial charge in [-0.05, 0) is 24.3 Å². The molecule has 1 aliphatic rings. The molecule has 0 bridgehead atoms. The van der Waals surface area contributed by atoms with E-state index in [1.807, 2.05) is 42.5 Å². The molecular weight excluding hydrogens is 302 g/mol. The monoisotopic (exact) mass is 321 g/mol. The van der Waals surface area contributed by atoms with Crippen LogP contribution in [0.5, 0.6) is 0 Å². The summed E-state index contributed by atoms with van der Waals surface area (Å²) in [5, 5.41) is 12.1. The molecule has 1 aromatic heterocycles. The lowest BCUT2D eigenvalue weighted by Gasteiger charge is -2.36. The molecule has 0 saturated carbocycles. The molecule has 0 aliphatic carbocycles. The molecule has 1 aromatic carbocycles. The normalized spacial score (nSPS) is 14.1. The van der Waals surface area contributed by atoms with Crippen molar-refractivity contribution in [2.24, 2.45) is 0 Å². The number of rotatable bonds is 3. The van der Waals surface area contributed by atoms with Gasteiger partial charge < -0.3 is 15.1 Å². The van der Waals surface area contributed by atoms with Gasteiger partial charge in [-0.25, -0.2) is 4.79 Å².